The fourth-order valence-corrected chi connectivity index (χ4v) is 6.39. The topological polar surface area (TPSA) is 106 Å². The van der Waals surface area contributed by atoms with Crippen molar-refractivity contribution >= 4 is 34.7 Å². The highest BCUT2D eigenvalue weighted by Gasteiger charge is 2.71. The summed E-state index contributed by atoms with van der Waals surface area (Å²) < 4.78 is 14.7. The van der Waals surface area contributed by atoms with E-state index in [0.717, 1.165) is 6.42 Å². The Balaban J connectivity index is 1.24. The molecule has 2 spiro atoms. The van der Waals surface area contributed by atoms with E-state index in [4.69, 9.17) is 5.73 Å². The molecular formula is C24H25FN6OS. The Bertz CT molecular complexity index is 1230. The van der Waals surface area contributed by atoms with Crippen molar-refractivity contribution < 1.29 is 9.18 Å². The zero-order valence-electron chi connectivity index (χ0n) is 18.1. The Hall–Kier alpha value is -3.07. The zero-order chi connectivity index (χ0) is 22.6. The van der Waals surface area contributed by atoms with Gasteiger partial charge in [0, 0.05) is 28.9 Å². The van der Waals surface area contributed by atoms with Crippen molar-refractivity contribution in [3.05, 3.63) is 46.7 Å². The lowest BCUT2D eigenvalue weighted by Gasteiger charge is -2.33. The van der Waals surface area contributed by atoms with E-state index in [1.807, 2.05) is 0 Å². The van der Waals surface area contributed by atoms with Crippen LogP contribution in [-0.4, -0.2) is 26.9 Å². The Morgan fingerprint density at radius 1 is 1.18 bits per heavy atom. The van der Waals surface area contributed by atoms with Crippen LogP contribution in [0.2, 0.25) is 0 Å². The second-order valence-electron chi connectivity index (χ2n) is 9.56. The number of rotatable bonds is 6. The summed E-state index contributed by atoms with van der Waals surface area (Å²) >= 11 is 1.41. The van der Waals surface area contributed by atoms with Gasteiger partial charge in [-0.3, -0.25) is 4.79 Å². The van der Waals surface area contributed by atoms with Crippen LogP contribution < -0.4 is 16.4 Å². The molecule has 3 aliphatic rings. The molecule has 2 unspecified atom stereocenters. The molecule has 2 atom stereocenters. The zero-order valence-corrected chi connectivity index (χ0v) is 18.9. The molecule has 0 saturated heterocycles. The van der Waals surface area contributed by atoms with Crippen LogP contribution in [0.5, 0.6) is 0 Å². The van der Waals surface area contributed by atoms with Crippen LogP contribution in [0.1, 0.15) is 55.3 Å². The Morgan fingerprint density at radius 3 is 2.76 bits per heavy atom. The number of primary amides is 1. The van der Waals surface area contributed by atoms with Crippen LogP contribution >= 0.6 is 11.3 Å². The van der Waals surface area contributed by atoms with Crippen molar-refractivity contribution in [2.75, 3.05) is 10.6 Å². The van der Waals surface area contributed by atoms with Crippen LogP contribution in [0, 0.1) is 16.6 Å². The third kappa shape index (κ3) is 3.45. The summed E-state index contributed by atoms with van der Waals surface area (Å²) in [4.78, 5) is 25.0. The molecule has 1 amide bonds. The average Bonchev–Trinajstić information content (AvgIpc) is 3.64. The molecule has 0 bridgehead atoms. The number of anilines is 3. The first-order chi connectivity index (χ1) is 16.0. The smallest absolute Gasteiger partial charge is 0.254 e. The molecule has 170 valence electrons. The second kappa shape index (κ2) is 7.48. The van der Waals surface area contributed by atoms with E-state index in [1.54, 1.807) is 23.0 Å². The second-order valence-corrected chi connectivity index (χ2v) is 10.3. The number of fused-ring (bicyclic) bond motifs is 1. The maximum absolute atomic E-state index is 14.7. The van der Waals surface area contributed by atoms with E-state index >= 15 is 0 Å². The van der Waals surface area contributed by atoms with Gasteiger partial charge in [0.05, 0.1) is 11.2 Å². The molecule has 3 saturated carbocycles. The van der Waals surface area contributed by atoms with Gasteiger partial charge in [0.1, 0.15) is 17.2 Å². The third-order valence-corrected chi connectivity index (χ3v) is 8.40. The van der Waals surface area contributed by atoms with Gasteiger partial charge in [0.2, 0.25) is 5.95 Å². The number of carbonyl (C=O) groups is 1. The SMILES string of the molecule is NC(=O)c1cnc(NC2CC23CCCCC32CC2)nc1Nc1ccc(-c2cscn2)c(F)c1. The molecule has 6 rings (SSSR count). The number of hydrogen-bond donors (Lipinski definition) is 3. The van der Waals surface area contributed by atoms with Gasteiger partial charge < -0.3 is 16.4 Å². The predicted octanol–water partition coefficient (Wildman–Crippen LogP) is 5.11. The van der Waals surface area contributed by atoms with Crippen LogP contribution in [0.3, 0.4) is 0 Å². The molecule has 7 nitrogen and oxygen atoms in total. The normalized spacial score (nSPS) is 24.6. The fraction of sp³-hybridized carbons (Fsp3) is 0.417. The highest BCUT2D eigenvalue weighted by Crippen LogP contribution is 2.76. The number of aromatic nitrogens is 3. The van der Waals surface area contributed by atoms with Gasteiger partial charge in [-0.25, -0.2) is 14.4 Å². The summed E-state index contributed by atoms with van der Waals surface area (Å²) in [7, 11) is 0. The number of hydrogen-bond acceptors (Lipinski definition) is 7. The van der Waals surface area contributed by atoms with Crippen molar-refractivity contribution in [1.29, 1.82) is 0 Å². The van der Waals surface area contributed by atoms with Crippen molar-refractivity contribution in [2.24, 2.45) is 16.6 Å². The van der Waals surface area contributed by atoms with E-state index < -0.39 is 11.7 Å². The largest absolute Gasteiger partial charge is 0.365 e. The van der Waals surface area contributed by atoms with Gasteiger partial charge in [-0.15, -0.1) is 11.3 Å². The molecule has 2 aromatic heterocycles. The molecule has 0 aliphatic heterocycles. The van der Waals surface area contributed by atoms with Gasteiger partial charge in [-0.05, 0) is 61.1 Å². The Labute approximate surface area is 195 Å². The van der Waals surface area contributed by atoms with Crippen LogP contribution in [0.15, 0.2) is 35.3 Å². The van der Waals surface area contributed by atoms with Crippen molar-refractivity contribution in [1.82, 2.24) is 15.0 Å². The van der Waals surface area contributed by atoms with E-state index in [2.05, 4.69) is 25.6 Å². The third-order valence-electron chi connectivity index (χ3n) is 7.81. The summed E-state index contributed by atoms with van der Waals surface area (Å²) in [6.07, 6.45) is 10.5. The summed E-state index contributed by atoms with van der Waals surface area (Å²) in [5.41, 5.74) is 9.73. The lowest BCUT2D eigenvalue weighted by Crippen LogP contribution is -2.28. The minimum atomic E-state index is -0.643. The number of halogens is 1. The highest BCUT2D eigenvalue weighted by molar-refractivity contribution is 7.07. The molecule has 3 fully saturated rings. The molecule has 3 aromatic rings. The van der Waals surface area contributed by atoms with Crippen molar-refractivity contribution in [3.63, 3.8) is 0 Å². The Morgan fingerprint density at radius 2 is 2.03 bits per heavy atom. The van der Waals surface area contributed by atoms with Crippen LogP contribution in [-0.2, 0) is 0 Å². The van der Waals surface area contributed by atoms with E-state index in [9.17, 15) is 9.18 Å². The van der Waals surface area contributed by atoms with Crippen LogP contribution in [0.25, 0.3) is 11.3 Å². The minimum Gasteiger partial charge on any atom is -0.365 e. The number of carbonyl (C=O) groups excluding carboxylic acids is 1. The van der Waals surface area contributed by atoms with Gasteiger partial charge >= 0.3 is 0 Å². The number of thiazole rings is 1. The number of benzene rings is 1. The number of amides is 1. The standard InChI is InChI=1S/C24H25FN6OS/c25-17-9-14(3-4-15(17)18-12-33-13-28-18)29-21-16(20(26)32)11-27-22(31-21)30-19-10-24(19)6-2-1-5-23(24)7-8-23/h3-4,9,11-13,19H,1-2,5-8,10H2,(H2,26,32)(H2,27,29,30,31). The maximum atomic E-state index is 14.7. The molecule has 4 N–H and O–H groups in total. The number of nitrogens with zero attached hydrogens (tertiary/aromatic N) is 3. The predicted molar refractivity (Wildman–Crippen MR) is 126 cm³/mol. The molecule has 0 radical (unpaired) electrons. The first-order valence-electron chi connectivity index (χ1n) is 11.4. The highest BCUT2D eigenvalue weighted by atomic mass is 32.1. The summed E-state index contributed by atoms with van der Waals surface area (Å²) in [6, 6.07) is 5.11. The van der Waals surface area contributed by atoms with E-state index in [-0.39, 0.29) is 11.4 Å². The van der Waals surface area contributed by atoms with Gasteiger partial charge in [0.25, 0.3) is 5.91 Å². The average molecular weight is 465 g/mol. The van der Waals surface area contributed by atoms with Crippen molar-refractivity contribution in [2.45, 2.75) is 51.0 Å². The first kappa shape index (κ1) is 20.5. The van der Waals surface area contributed by atoms with Crippen molar-refractivity contribution in [3.8, 4) is 11.3 Å². The van der Waals surface area contributed by atoms with Crippen LogP contribution in [0.4, 0.5) is 21.8 Å². The van der Waals surface area contributed by atoms with E-state index in [0.29, 0.717) is 39.8 Å². The lowest BCUT2D eigenvalue weighted by molar-refractivity contribution is 0.100. The minimum absolute atomic E-state index is 0.159. The maximum Gasteiger partial charge on any atom is 0.254 e. The molecule has 9 heteroatoms. The quantitative estimate of drug-likeness (QED) is 0.468. The monoisotopic (exact) mass is 464 g/mol. The molecule has 3 aliphatic carbocycles. The van der Waals surface area contributed by atoms with Gasteiger partial charge in [-0.1, -0.05) is 12.8 Å². The molecule has 2 heterocycles. The number of nitrogens with one attached hydrogen (secondary N) is 2. The summed E-state index contributed by atoms with van der Waals surface area (Å²) in [5, 5.41) is 8.35. The summed E-state index contributed by atoms with van der Waals surface area (Å²) in [5.74, 6) is -0.327. The van der Waals surface area contributed by atoms with E-state index in [1.165, 1.54) is 62.1 Å². The Kier molecular flexibility index (Phi) is 4.65. The number of nitrogens with two attached hydrogens (primary N) is 1. The lowest BCUT2D eigenvalue weighted by atomic mass is 9.73. The molecule has 1 aromatic carbocycles. The van der Waals surface area contributed by atoms with Gasteiger partial charge in [0.15, 0.2) is 0 Å². The fourth-order valence-electron chi connectivity index (χ4n) is 5.84. The first-order valence-corrected chi connectivity index (χ1v) is 12.3. The molecular weight excluding hydrogens is 439 g/mol. The summed E-state index contributed by atoms with van der Waals surface area (Å²) in [6.45, 7) is 0. The molecule has 33 heavy (non-hydrogen) atoms. The van der Waals surface area contributed by atoms with Gasteiger partial charge in [-0.2, -0.15) is 4.98 Å².